The van der Waals surface area contributed by atoms with Gasteiger partial charge in [0, 0.05) is 24.5 Å². The molecule has 0 aliphatic heterocycles. The molecule has 2 aromatic rings. The van der Waals surface area contributed by atoms with Gasteiger partial charge in [-0.25, -0.2) is 9.97 Å². The molecule has 0 radical (unpaired) electrons. The fraction of sp³-hybridized carbons (Fsp3) is 0.412. The van der Waals surface area contributed by atoms with Crippen molar-refractivity contribution in [1.82, 2.24) is 15.3 Å². The molecule has 0 saturated carbocycles. The molecule has 4 nitrogen and oxygen atoms in total. The third-order valence-corrected chi connectivity index (χ3v) is 3.34. The van der Waals surface area contributed by atoms with Crippen LogP contribution in [0, 0.1) is 6.92 Å². The SMILES string of the molecule is CCNCc1cnc(Oc2cc(C(C)C)ccc2C)nc1. The Morgan fingerprint density at radius 1 is 1.19 bits per heavy atom. The van der Waals surface area contributed by atoms with E-state index in [0.717, 1.165) is 30.0 Å². The van der Waals surface area contributed by atoms with Crippen LogP contribution in [0.1, 0.15) is 43.4 Å². The van der Waals surface area contributed by atoms with Crippen LogP contribution in [0.4, 0.5) is 0 Å². The molecule has 2 rings (SSSR count). The minimum Gasteiger partial charge on any atom is -0.424 e. The highest BCUT2D eigenvalue weighted by molar-refractivity contribution is 5.39. The van der Waals surface area contributed by atoms with Gasteiger partial charge in [-0.05, 0) is 36.6 Å². The highest BCUT2D eigenvalue weighted by Crippen LogP contribution is 2.27. The predicted octanol–water partition coefficient (Wildman–Crippen LogP) is 3.81. The third kappa shape index (κ3) is 4.26. The van der Waals surface area contributed by atoms with Gasteiger partial charge in [0.25, 0.3) is 0 Å². The number of hydrogen-bond donors (Lipinski definition) is 1. The number of aryl methyl sites for hydroxylation is 1. The molecule has 21 heavy (non-hydrogen) atoms. The summed E-state index contributed by atoms with van der Waals surface area (Å²) in [6.07, 6.45) is 3.60. The second kappa shape index (κ2) is 7.18. The van der Waals surface area contributed by atoms with Crippen LogP contribution in [0.2, 0.25) is 0 Å². The number of rotatable bonds is 6. The van der Waals surface area contributed by atoms with Gasteiger partial charge in [-0.15, -0.1) is 0 Å². The van der Waals surface area contributed by atoms with Gasteiger partial charge in [0.1, 0.15) is 5.75 Å². The van der Waals surface area contributed by atoms with Crippen LogP contribution in [0.5, 0.6) is 11.8 Å². The third-order valence-electron chi connectivity index (χ3n) is 3.34. The summed E-state index contributed by atoms with van der Waals surface area (Å²) in [5, 5.41) is 3.24. The zero-order valence-corrected chi connectivity index (χ0v) is 13.2. The number of ether oxygens (including phenoxy) is 1. The van der Waals surface area contributed by atoms with Gasteiger partial charge in [0.05, 0.1) is 0 Å². The summed E-state index contributed by atoms with van der Waals surface area (Å²) in [5.74, 6) is 1.29. The van der Waals surface area contributed by atoms with Crippen molar-refractivity contribution in [3.63, 3.8) is 0 Å². The van der Waals surface area contributed by atoms with E-state index in [9.17, 15) is 0 Å². The van der Waals surface area contributed by atoms with Crippen LogP contribution in [0.15, 0.2) is 30.6 Å². The van der Waals surface area contributed by atoms with Crippen molar-refractivity contribution in [2.45, 2.75) is 40.2 Å². The van der Waals surface area contributed by atoms with Crippen molar-refractivity contribution in [3.8, 4) is 11.8 Å². The van der Waals surface area contributed by atoms with Crippen LogP contribution in [-0.4, -0.2) is 16.5 Å². The first-order valence-corrected chi connectivity index (χ1v) is 7.40. The molecule has 4 heteroatoms. The highest BCUT2D eigenvalue weighted by atomic mass is 16.5. The van der Waals surface area contributed by atoms with Crippen LogP contribution in [0.25, 0.3) is 0 Å². The first kappa shape index (κ1) is 15.4. The maximum absolute atomic E-state index is 5.82. The van der Waals surface area contributed by atoms with Crippen molar-refractivity contribution >= 4 is 0 Å². The molecule has 0 unspecified atom stereocenters. The van der Waals surface area contributed by atoms with E-state index in [0.29, 0.717) is 11.9 Å². The summed E-state index contributed by atoms with van der Waals surface area (Å²) in [6.45, 7) is 10.1. The lowest BCUT2D eigenvalue weighted by atomic mass is 10.0. The van der Waals surface area contributed by atoms with Crippen molar-refractivity contribution in [1.29, 1.82) is 0 Å². The molecule has 0 aliphatic rings. The lowest BCUT2D eigenvalue weighted by molar-refractivity contribution is 0.436. The number of benzene rings is 1. The average Bonchev–Trinajstić information content (AvgIpc) is 2.48. The minimum absolute atomic E-state index is 0.388. The summed E-state index contributed by atoms with van der Waals surface area (Å²) < 4.78 is 5.82. The van der Waals surface area contributed by atoms with E-state index < -0.39 is 0 Å². The minimum atomic E-state index is 0.388. The summed E-state index contributed by atoms with van der Waals surface area (Å²) in [6, 6.07) is 6.66. The Balaban J connectivity index is 2.12. The first-order chi connectivity index (χ1) is 10.1. The summed E-state index contributed by atoms with van der Waals surface area (Å²) >= 11 is 0. The van der Waals surface area contributed by atoms with Crippen LogP contribution >= 0.6 is 0 Å². The molecule has 0 atom stereocenters. The van der Waals surface area contributed by atoms with Gasteiger partial charge in [-0.3, -0.25) is 0 Å². The smallest absolute Gasteiger partial charge is 0.321 e. The molecule has 1 N–H and O–H groups in total. The van der Waals surface area contributed by atoms with E-state index in [-0.39, 0.29) is 0 Å². The molecule has 1 heterocycles. The molecule has 0 aliphatic carbocycles. The normalized spacial score (nSPS) is 10.9. The van der Waals surface area contributed by atoms with E-state index in [4.69, 9.17) is 4.74 Å². The fourth-order valence-electron chi connectivity index (χ4n) is 1.94. The number of hydrogen-bond acceptors (Lipinski definition) is 4. The second-order valence-electron chi connectivity index (χ2n) is 5.44. The summed E-state index contributed by atoms with van der Waals surface area (Å²) in [5.41, 5.74) is 3.39. The van der Waals surface area contributed by atoms with E-state index in [1.807, 2.05) is 6.92 Å². The molecule has 0 amide bonds. The average molecular weight is 285 g/mol. The van der Waals surface area contributed by atoms with Crippen LogP contribution in [-0.2, 0) is 6.54 Å². The molecule has 0 saturated heterocycles. The van der Waals surface area contributed by atoms with E-state index in [1.165, 1.54) is 5.56 Å². The zero-order valence-electron chi connectivity index (χ0n) is 13.2. The van der Waals surface area contributed by atoms with Gasteiger partial charge in [0.15, 0.2) is 0 Å². The van der Waals surface area contributed by atoms with Gasteiger partial charge in [-0.2, -0.15) is 0 Å². The van der Waals surface area contributed by atoms with E-state index in [2.05, 4.69) is 54.3 Å². The number of aromatic nitrogens is 2. The lowest BCUT2D eigenvalue weighted by Crippen LogP contribution is -2.12. The topological polar surface area (TPSA) is 47.0 Å². The van der Waals surface area contributed by atoms with Gasteiger partial charge >= 0.3 is 6.01 Å². The van der Waals surface area contributed by atoms with Gasteiger partial charge < -0.3 is 10.1 Å². The maximum atomic E-state index is 5.82. The summed E-state index contributed by atoms with van der Waals surface area (Å²) in [4.78, 5) is 8.54. The highest BCUT2D eigenvalue weighted by Gasteiger charge is 2.07. The quantitative estimate of drug-likeness (QED) is 0.876. The standard InChI is InChI=1S/C17H23N3O/c1-5-18-9-14-10-19-17(20-11-14)21-16-8-15(12(2)3)7-6-13(16)4/h6-8,10-12,18H,5,9H2,1-4H3. The Morgan fingerprint density at radius 2 is 1.90 bits per heavy atom. The Morgan fingerprint density at radius 3 is 2.52 bits per heavy atom. The van der Waals surface area contributed by atoms with E-state index >= 15 is 0 Å². The van der Waals surface area contributed by atoms with Gasteiger partial charge in [-0.1, -0.05) is 32.9 Å². The Hall–Kier alpha value is -1.94. The first-order valence-electron chi connectivity index (χ1n) is 7.40. The number of nitrogens with one attached hydrogen (secondary N) is 1. The number of nitrogens with zero attached hydrogens (tertiary/aromatic N) is 2. The Kier molecular flexibility index (Phi) is 5.28. The molecule has 112 valence electrons. The molecular weight excluding hydrogens is 262 g/mol. The van der Waals surface area contributed by atoms with Crippen molar-refractivity contribution in [2.75, 3.05) is 6.54 Å². The Labute approximate surface area is 126 Å². The van der Waals surface area contributed by atoms with Crippen LogP contribution in [0.3, 0.4) is 0 Å². The predicted molar refractivity (Wildman–Crippen MR) is 84.8 cm³/mol. The van der Waals surface area contributed by atoms with Crippen molar-refractivity contribution < 1.29 is 4.74 Å². The lowest BCUT2D eigenvalue weighted by Gasteiger charge is -2.11. The molecule has 1 aromatic carbocycles. The van der Waals surface area contributed by atoms with Gasteiger partial charge in [0.2, 0.25) is 0 Å². The zero-order chi connectivity index (χ0) is 15.2. The largest absolute Gasteiger partial charge is 0.424 e. The second-order valence-corrected chi connectivity index (χ2v) is 5.44. The monoisotopic (exact) mass is 285 g/mol. The molecular formula is C17H23N3O. The fourth-order valence-corrected chi connectivity index (χ4v) is 1.94. The van der Waals surface area contributed by atoms with E-state index in [1.54, 1.807) is 12.4 Å². The van der Waals surface area contributed by atoms with Crippen molar-refractivity contribution in [2.24, 2.45) is 0 Å². The molecule has 0 fully saturated rings. The Bertz CT molecular complexity index is 579. The molecule has 0 spiro atoms. The van der Waals surface area contributed by atoms with Crippen molar-refractivity contribution in [3.05, 3.63) is 47.3 Å². The summed E-state index contributed by atoms with van der Waals surface area (Å²) in [7, 11) is 0. The van der Waals surface area contributed by atoms with Crippen LogP contribution < -0.4 is 10.1 Å². The molecule has 0 bridgehead atoms. The molecule has 1 aromatic heterocycles. The maximum Gasteiger partial charge on any atom is 0.321 e.